The third-order valence-corrected chi connectivity index (χ3v) is 6.57. The normalized spacial score (nSPS) is 19.3. The number of hydrogen-bond donors (Lipinski definition) is 2. The van der Waals surface area contributed by atoms with Gasteiger partial charge >= 0.3 is 0 Å². The Kier molecular flexibility index (Phi) is 6.17. The molecule has 9 heteroatoms. The van der Waals surface area contributed by atoms with Gasteiger partial charge in [-0.05, 0) is 37.3 Å². The molecule has 166 valence electrons. The summed E-state index contributed by atoms with van der Waals surface area (Å²) in [6, 6.07) is 3.19. The number of nitrogens with one attached hydrogen (secondary N) is 1. The van der Waals surface area contributed by atoms with Crippen molar-refractivity contribution in [2.75, 3.05) is 22.2 Å². The molecule has 7 nitrogen and oxygen atoms in total. The van der Waals surface area contributed by atoms with Gasteiger partial charge in [-0.25, -0.2) is 4.98 Å². The predicted molar refractivity (Wildman–Crippen MR) is 125 cm³/mol. The molecule has 1 aromatic heterocycles. The van der Waals surface area contributed by atoms with E-state index >= 15 is 0 Å². The number of phenols is 1. The van der Waals surface area contributed by atoms with Crippen molar-refractivity contribution in [3.63, 3.8) is 0 Å². The van der Waals surface area contributed by atoms with Crippen molar-refractivity contribution in [3.8, 4) is 5.75 Å². The quantitative estimate of drug-likeness (QED) is 0.579. The molecule has 1 aromatic carbocycles. The second-order valence-corrected chi connectivity index (χ2v) is 9.52. The lowest BCUT2D eigenvalue weighted by molar-refractivity contribution is -0.120. The first-order valence-electron chi connectivity index (χ1n) is 10.6. The van der Waals surface area contributed by atoms with Crippen LogP contribution in [0.3, 0.4) is 0 Å². The highest BCUT2D eigenvalue weighted by molar-refractivity contribution is 6.37. The lowest BCUT2D eigenvalue weighted by Gasteiger charge is -2.44. The van der Waals surface area contributed by atoms with Crippen molar-refractivity contribution in [2.24, 2.45) is 5.92 Å². The van der Waals surface area contributed by atoms with Gasteiger partial charge in [0.2, 0.25) is 11.9 Å². The van der Waals surface area contributed by atoms with E-state index in [9.17, 15) is 9.90 Å². The van der Waals surface area contributed by atoms with Crippen LogP contribution in [-0.4, -0.2) is 40.1 Å². The third-order valence-electron chi connectivity index (χ3n) is 5.99. The van der Waals surface area contributed by atoms with Crippen LogP contribution >= 0.6 is 23.2 Å². The zero-order valence-corrected chi connectivity index (χ0v) is 19.4. The van der Waals surface area contributed by atoms with Crippen LogP contribution in [-0.2, 0) is 4.79 Å². The summed E-state index contributed by atoms with van der Waals surface area (Å²) in [6.45, 7) is 4.28. The first-order chi connectivity index (χ1) is 14.8. The number of carbonyl (C=O) groups excluding carboxylic acids is 1. The van der Waals surface area contributed by atoms with Gasteiger partial charge < -0.3 is 20.2 Å². The van der Waals surface area contributed by atoms with Gasteiger partial charge in [-0.2, -0.15) is 4.98 Å². The number of aromatic nitrogens is 2. The van der Waals surface area contributed by atoms with E-state index in [4.69, 9.17) is 28.2 Å². The Bertz CT molecular complexity index is 971. The minimum atomic E-state index is -0.235. The molecule has 4 rings (SSSR count). The number of nitrogens with zero attached hydrogens (tertiary/aromatic N) is 4. The van der Waals surface area contributed by atoms with Crippen LogP contribution < -0.4 is 15.1 Å². The summed E-state index contributed by atoms with van der Waals surface area (Å²) in [5.74, 6) is 1.46. The Morgan fingerprint density at radius 1 is 1.23 bits per heavy atom. The van der Waals surface area contributed by atoms with Gasteiger partial charge in [0.15, 0.2) is 11.6 Å². The summed E-state index contributed by atoms with van der Waals surface area (Å²) >= 11 is 12.1. The van der Waals surface area contributed by atoms with E-state index < -0.39 is 0 Å². The number of hydrogen-bond acceptors (Lipinski definition) is 6. The Hall–Kier alpha value is -2.25. The number of aromatic hydroxyl groups is 1. The van der Waals surface area contributed by atoms with Crippen LogP contribution in [0.5, 0.6) is 5.75 Å². The fraction of sp³-hybridized carbons (Fsp3) is 0.500. The zero-order valence-electron chi connectivity index (χ0n) is 17.9. The van der Waals surface area contributed by atoms with Crippen molar-refractivity contribution in [2.45, 2.75) is 58.0 Å². The summed E-state index contributed by atoms with van der Waals surface area (Å²) in [5.41, 5.74) is 1.28. The van der Waals surface area contributed by atoms with Crippen LogP contribution in [0, 0.1) is 5.92 Å². The minimum absolute atomic E-state index is 0.0921. The topological polar surface area (TPSA) is 81.6 Å². The highest BCUT2D eigenvalue weighted by Gasteiger charge is 2.42. The lowest BCUT2D eigenvalue weighted by atomic mass is 9.96. The second-order valence-electron chi connectivity index (χ2n) is 8.70. The molecular formula is C22H27Cl2N5O2. The summed E-state index contributed by atoms with van der Waals surface area (Å²) in [5, 5.41) is 13.2. The highest BCUT2D eigenvalue weighted by atomic mass is 35.5. The largest absolute Gasteiger partial charge is 0.505 e. The highest BCUT2D eigenvalue weighted by Crippen LogP contribution is 2.41. The number of amides is 1. The minimum Gasteiger partial charge on any atom is -0.505 e. The van der Waals surface area contributed by atoms with Gasteiger partial charge in [-0.15, -0.1) is 0 Å². The number of halogens is 2. The molecule has 2 N–H and O–H groups in total. The van der Waals surface area contributed by atoms with Crippen molar-refractivity contribution >= 4 is 52.3 Å². The first-order valence-corrected chi connectivity index (χ1v) is 11.4. The Balaban J connectivity index is 1.74. The molecule has 0 radical (unpaired) electrons. The molecule has 1 saturated carbocycles. The van der Waals surface area contributed by atoms with E-state index in [-0.39, 0.29) is 27.7 Å². The molecule has 2 aliphatic rings. The number of likely N-dealkylation sites (N-methyl/N-ethyl adjacent to an activating group) is 1. The Morgan fingerprint density at radius 2 is 1.87 bits per heavy atom. The lowest BCUT2D eigenvalue weighted by Crippen LogP contribution is -2.56. The van der Waals surface area contributed by atoms with E-state index in [0.29, 0.717) is 29.3 Å². The van der Waals surface area contributed by atoms with Crippen molar-refractivity contribution < 1.29 is 9.90 Å². The maximum atomic E-state index is 13.2. The van der Waals surface area contributed by atoms with Crippen LogP contribution in [0.2, 0.25) is 10.0 Å². The van der Waals surface area contributed by atoms with Crippen LogP contribution in [0.15, 0.2) is 18.3 Å². The van der Waals surface area contributed by atoms with E-state index in [1.807, 2.05) is 0 Å². The van der Waals surface area contributed by atoms with Crippen LogP contribution in [0.4, 0.5) is 23.1 Å². The molecule has 2 aromatic rings. The molecule has 1 fully saturated rings. The summed E-state index contributed by atoms with van der Waals surface area (Å²) in [7, 11) is 1.79. The molecule has 31 heavy (non-hydrogen) atoms. The van der Waals surface area contributed by atoms with Crippen molar-refractivity contribution in [1.82, 2.24) is 9.97 Å². The van der Waals surface area contributed by atoms with Crippen LogP contribution in [0.25, 0.3) is 0 Å². The average Bonchev–Trinajstić information content (AvgIpc) is 3.24. The summed E-state index contributed by atoms with van der Waals surface area (Å²) in [6.07, 6.45) is 6.89. The third kappa shape index (κ3) is 4.26. The molecule has 1 aliphatic heterocycles. The maximum Gasteiger partial charge on any atom is 0.249 e. The number of carbonyl (C=O) groups is 1. The Morgan fingerprint density at radius 3 is 2.48 bits per heavy atom. The average molecular weight is 464 g/mol. The van der Waals surface area contributed by atoms with Gasteiger partial charge in [0, 0.05) is 18.8 Å². The van der Waals surface area contributed by atoms with Crippen LogP contribution in [0.1, 0.15) is 46.0 Å². The molecule has 0 spiro atoms. The van der Waals surface area contributed by atoms with Gasteiger partial charge in [-0.1, -0.05) is 49.9 Å². The summed E-state index contributed by atoms with van der Waals surface area (Å²) < 4.78 is 0. The molecule has 1 atom stereocenters. The van der Waals surface area contributed by atoms with Gasteiger partial charge in [0.25, 0.3) is 0 Å². The molecule has 0 unspecified atom stereocenters. The predicted octanol–water partition coefficient (Wildman–Crippen LogP) is 5.37. The molecular weight excluding hydrogens is 437 g/mol. The van der Waals surface area contributed by atoms with Gasteiger partial charge in [-0.3, -0.25) is 4.79 Å². The molecule has 2 heterocycles. The maximum absolute atomic E-state index is 13.2. The molecule has 0 bridgehead atoms. The fourth-order valence-electron chi connectivity index (χ4n) is 4.50. The number of fused-ring (bicyclic) bond motifs is 1. The van der Waals surface area contributed by atoms with Gasteiger partial charge in [0.1, 0.15) is 11.7 Å². The second kappa shape index (κ2) is 8.71. The van der Waals surface area contributed by atoms with Gasteiger partial charge in [0.05, 0.1) is 16.2 Å². The van der Waals surface area contributed by atoms with E-state index in [1.54, 1.807) is 30.3 Å². The molecule has 1 amide bonds. The van der Waals surface area contributed by atoms with E-state index in [2.05, 4.69) is 29.0 Å². The monoisotopic (exact) mass is 463 g/mol. The van der Waals surface area contributed by atoms with E-state index in [1.165, 1.54) is 0 Å². The number of phenolic OH excluding ortho intramolecular Hbond substituents is 1. The zero-order chi connectivity index (χ0) is 22.3. The number of benzene rings is 1. The fourth-order valence-corrected chi connectivity index (χ4v) is 4.99. The smallest absolute Gasteiger partial charge is 0.249 e. The van der Waals surface area contributed by atoms with Crippen molar-refractivity contribution in [1.29, 1.82) is 0 Å². The summed E-state index contributed by atoms with van der Waals surface area (Å²) in [4.78, 5) is 26.4. The first kappa shape index (κ1) is 22.0. The van der Waals surface area contributed by atoms with E-state index in [0.717, 1.165) is 37.9 Å². The SMILES string of the molecule is CC(C)C[C@@H]1C(=O)N(C)c2cnc(Nc3cc(Cl)c(O)c(Cl)c3)nc2N1C1CCCC1. The van der Waals surface area contributed by atoms with Crippen molar-refractivity contribution in [3.05, 3.63) is 28.4 Å². The standard InChI is InChI=1S/C22H27Cl2N5O2/c1-12(2)8-17-21(31)28(3)18-11-25-22(26-13-9-15(23)19(30)16(24)10-13)27-20(18)29(17)14-6-4-5-7-14/h9-12,14,17,30H,4-8H2,1-3H3,(H,25,26,27)/t17-/m1/s1. The number of anilines is 4. The Labute approximate surface area is 192 Å². The molecule has 1 aliphatic carbocycles. The number of rotatable bonds is 5. The molecule has 0 saturated heterocycles.